The quantitative estimate of drug-likeness (QED) is 0.737. The van der Waals surface area contributed by atoms with Crippen LogP contribution in [-0.4, -0.2) is 108 Å². The first-order valence-corrected chi connectivity index (χ1v) is 12.0. The molecule has 170 valence electrons. The van der Waals surface area contributed by atoms with E-state index in [0.29, 0.717) is 31.0 Å². The summed E-state index contributed by atoms with van der Waals surface area (Å²) in [7, 11) is 4.38. The summed E-state index contributed by atoms with van der Waals surface area (Å²) in [4.78, 5) is 35.7. The Morgan fingerprint density at radius 3 is 2.40 bits per heavy atom. The van der Waals surface area contributed by atoms with E-state index in [1.807, 2.05) is 4.90 Å². The van der Waals surface area contributed by atoms with E-state index in [9.17, 15) is 9.59 Å². The molecule has 4 aliphatic rings. The second kappa shape index (κ2) is 8.75. The van der Waals surface area contributed by atoms with Crippen LogP contribution in [0.4, 0.5) is 0 Å². The Hall–Kier alpha value is -1.18. The lowest BCUT2D eigenvalue weighted by atomic mass is 9.83. The highest BCUT2D eigenvalue weighted by Crippen LogP contribution is 2.34. The Labute approximate surface area is 182 Å². The first-order valence-electron chi connectivity index (χ1n) is 12.0. The normalized spacial score (nSPS) is 31.5. The van der Waals surface area contributed by atoms with Gasteiger partial charge in [0.2, 0.25) is 11.8 Å². The van der Waals surface area contributed by atoms with E-state index in [1.165, 1.54) is 12.8 Å². The summed E-state index contributed by atoms with van der Waals surface area (Å²) in [5.41, 5.74) is -0.332. The average molecular weight is 420 g/mol. The van der Waals surface area contributed by atoms with Crippen molar-refractivity contribution in [1.29, 1.82) is 0 Å². The maximum Gasteiger partial charge on any atom is 0.243 e. The maximum atomic E-state index is 13.3. The lowest BCUT2D eigenvalue weighted by molar-refractivity contribution is -0.135. The zero-order valence-corrected chi connectivity index (χ0v) is 19.4. The molecule has 0 aromatic rings. The van der Waals surface area contributed by atoms with Crippen LogP contribution in [0.5, 0.6) is 0 Å². The third-order valence-electron chi connectivity index (χ3n) is 8.06. The van der Waals surface area contributed by atoms with Gasteiger partial charge in [0.15, 0.2) is 0 Å². The molecule has 0 bridgehead atoms. The third-order valence-corrected chi connectivity index (χ3v) is 8.06. The number of nitrogens with zero attached hydrogens (tertiary/aromatic N) is 4. The lowest BCUT2D eigenvalue weighted by Crippen LogP contribution is -2.56. The van der Waals surface area contributed by atoms with Gasteiger partial charge in [-0.1, -0.05) is 13.8 Å². The van der Waals surface area contributed by atoms with Crippen LogP contribution in [0.25, 0.3) is 0 Å². The van der Waals surface area contributed by atoms with Gasteiger partial charge in [0.1, 0.15) is 6.04 Å². The molecule has 4 heterocycles. The molecule has 4 rings (SSSR count). The van der Waals surface area contributed by atoms with Crippen molar-refractivity contribution in [3.8, 4) is 0 Å². The molecule has 0 saturated carbocycles. The van der Waals surface area contributed by atoms with Gasteiger partial charge in [-0.15, -0.1) is 0 Å². The van der Waals surface area contributed by atoms with Crippen molar-refractivity contribution in [2.45, 2.75) is 76.0 Å². The summed E-state index contributed by atoms with van der Waals surface area (Å²) in [6.07, 6.45) is 5.35. The van der Waals surface area contributed by atoms with Gasteiger partial charge < -0.3 is 20.0 Å². The van der Waals surface area contributed by atoms with Crippen LogP contribution in [0.2, 0.25) is 0 Å². The minimum Gasteiger partial charge on any atom is -0.348 e. The van der Waals surface area contributed by atoms with E-state index >= 15 is 0 Å². The van der Waals surface area contributed by atoms with Crippen molar-refractivity contribution in [1.82, 2.24) is 24.9 Å². The van der Waals surface area contributed by atoms with Gasteiger partial charge in [0, 0.05) is 38.3 Å². The van der Waals surface area contributed by atoms with Crippen molar-refractivity contribution < 1.29 is 9.59 Å². The molecule has 2 amide bonds. The zero-order valence-electron chi connectivity index (χ0n) is 19.4. The number of hydrogen-bond donors (Lipinski definition) is 1. The van der Waals surface area contributed by atoms with Crippen molar-refractivity contribution >= 4 is 11.8 Å². The Kier molecular flexibility index (Phi) is 6.43. The van der Waals surface area contributed by atoms with Gasteiger partial charge in [0.25, 0.3) is 0 Å². The number of likely N-dealkylation sites (N-methyl/N-ethyl adjacent to an activating group) is 1. The molecule has 4 fully saturated rings. The number of amides is 2. The molecule has 1 spiro atoms. The molecule has 0 radical (unpaired) electrons. The Morgan fingerprint density at radius 1 is 1.10 bits per heavy atom. The molecule has 4 saturated heterocycles. The van der Waals surface area contributed by atoms with Crippen LogP contribution in [0.1, 0.15) is 52.4 Å². The topological polar surface area (TPSA) is 59.1 Å². The standard InChI is InChI=1S/C23H41N5O2/c1-17(2)15-27-11-7-23(8-12-27)14-21(29)28-16-19(13-20(28)22(30)24-23)26(4)18-5-9-25(3)10-6-18/h17-20H,5-16H2,1-4H3,(H,24,30)/t19-,20-/m0/s1. The van der Waals surface area contributed by atoms with E-state index in [2.05, 4.69) is 48.0 Å². The molecule has 0 aliphatic carbocycles. The number of carbonyl (C=O) groups excluding carboxylic acids is 2. The highest BCUT2D eigenvalue weighted by atomic mass is 16.2. The van der Waals surface area contributed by atoms with Gasteiger partial charge in [-0.2, -0.15) is 0 Å². The van der Waals surface area contributed by atoms with Crippen LogP contribution in [0, 0.1) is 5.92 Å². The average Bonchev–Trinajstić information content (AvgIpc) is 3.12. The fourth-order valence-electron chi connectivity index (χ4n) is 6.10. The number of piperidine rings is 2. The molecule has 4 aliphatic heterocycles. The highest BCUT2D eigenvalue weighted by Gasteiger charge is 2.49. The SMILES string of the molecule is CC(C)CN1CCC2(CC1)CC(=O)N1C[C@@H](N(C)C3CCN(C)CC3)C[C@H]1C(=O)N2. The Balaban J connectivity index is 1.38. The molecule has 0 unspecified atom stereocenters. The van der Waals surface area contributed by atoms with E-state index in [0.717, 1.165) is 52.0 Å². The van der Waals surface area contributed by atoms with Crippen LogP contribution in [-0.2, 0) is 9.59 Å². The summed E-state index contributed by atoms with van der Waals surface area (Å²) in [6, 6.07) is 0.564. The smallest absolute Gasteiger partial charge is 0.243 e. The van der Waals surface area contributed by atoms with Crippen molar-refractivity contribution in [3.05, 3.63) is 0 Å². The molecule has 2 atom stereocenters. The third kappa shape index (κ3) is 4.53. The molecule has 7 nitrogen and oxygen atoms in total. The van der Waals surface area contributed by atoms with Crippen molar-refractivity contribution in [2.75, 3.05) is 53.4 Å². The molecule has 0 aromatic heterocycles. The summed E-state index contributed by atoms with van der Waals surface area (Å²) < 4.78 is 0. The molecular weight excluding hydrogens is 378 g/mol. The minimum atomic E-state index is -0.332. The number of hydrogen-bond acceptors (Lipinski definition) is 5. The molecular formula is C23H41N5O2. The Morgan fingerprint density at radius 2 is 1.77 bits per heavy atom. The molecule has 1 N–H and O–H groups in total. The van der Waals surface area contributed by atoms with E-state index < -0.39 is 0 Å². The fraction of sp³-hybridized carbons (Fsp3) is 0.913. The second-order valence-electron chi connectivity index (χ2n) is 10.8. The van der Waals surface area contributed by atoms with Gasteiger partial charge >= 0.3 is 0 Å². The number of carbonyl (C=O) groups is 2. The largest absolute Gasteiger partial charge is 0.348 e. The summed E-state index contributed by atoms with van der Waals surface area (Å²) in [6.45, 7) is 10.5. The first kappa shape index (κ1) is 22.0. The van der Waals surface area contributed by atoms with E-state index in [4.69, 9.17) is 0 Å². The van der Waals surface area contributed by atoms with Gasteiger partial charge in [-0.3, -0.25) is 14.5 Å². The summed E-state index contributed by atoms with van der Waals surface area (Å²) in [5, 5.41) is 3.36. The summed E-state index contributed by atoms with van der Waals surface area (Å²) >= 11 is 0. The highest BCUT2D eigenvalue weighted by molar-refractivity contribution is 5.92. The molecule has 30 heavy (non-hydrogen) atoms. The summed E-state index contributed by atoms with van der Waals surface area (Å²) in [5.74, 6) is 0.903. The number of nitrogens with one attached hydrogen (secondary N) is 1. The van der Waals surface area contributed by atoms with Gasteiger partial charge in [0.05, 0.1) is 12.0 Å². The second-order valence-corrected chi connectivity index (χ2v) is 10.8. The first-order chi connectivity index (χ1) is 14.3. The van der Waals surface area contributed by atoms with Crippen molar-refractivity contribution in [3.63, 3.8) is 0 Å². The molecule has 0 aromatic carbocycles. The number of fused-ring (bicyclic) bond motifs is 1. The molecule has 7 heteroatoms. The van der Waals surface area contributed by atoms with Crippen LogP contribution >= 0.6 is 0 Å². The Bertz CT molecular complexity index is 610. The number of likely N-dealkylation sites (tertiary alicyclic amines) is 2. The maximum absolute atomic E-state index is 13.3. The van der Waals surface area contributed by atoms with Gasteiger partial charge in [-0.05, 0) is 65.2 Å². The zero-order chi connectivity index (χ0) is 21.5. The lowest BCUT2D eigenvalue weighted by Gasteiger charge is -2.42. The van der Waals surface area contributed by atoms with Gasteiger partial charge in [-0.25, -0.2) is 0 Å². The van der Waals surface area contributed by atoms with Crippen LogP contribution < -0.4 is 5.32 Å². The fourth-order valence-corrected chi connectivity index (χ4v) is 6.10. The predicted octanol–water partition coefficient (Wildman–Crippen LogP) is 0.992. The van der Waals surface area contributed by atoms with Crippen LogP contribution in [0.3, 0.4) is 0 Å². The van der Waals surface area contributed by atoms with Crippen molar-refractivity contribution in [2.24, 2.45) is 5.92 Å². The van der Waals surface area contributed by atoms with Crippen LogP contribution in [0.15, 0.2) is 0 Å². The van der Waals surface area contributed by atoms with E-state index in [1.54, 1.807) is 0 Å². The predicted molar refractivity (Wildman–Crippen MR) is 118 cm³/mol. The van der Waals surface area contributed by atoms with E-state index in [-0.39, 0.29) is 23.4 Å². The number of rotatable bonds is 4. The monoisotopic (exact) mass is 419 g/mol. The minimum absolute atomic E-state index is 0.0810.